The monoisotopic (exact) mass is 180 g/mol. The molecule has 0 bridgehead atoms. The molecule has 8 heavy (non-hydrogen) atoms. The first-order chi connectivity index (χ1) is 3.41. The molecule has 3 heteroatoms. The molecule has 0 amide bonds. The van der Waals surface area contributed by atoms with Gasteiger partial charge in [-0.2, -0.15) is 0 Å². The van der Waals surface area contributed by atoms with Gasteiger partial charge < -0.3 is 0 Å². The van der Waals surface area contributed by atoms with Crippen molar-refractivity contribution in [3.05, 3.63) is 0 Å². The third-order valence-corrected chi connectivity index (χ3v) is 1.06. The van der Waals surface area contributed by atoms with Gasteiger partial charge >= 0.3 is 0 Å². The van der Waals surface area contributed by atoms with Crippen LogP contribution in [0, 0.1) is 0 Å². The fourth-order valence-electron chi connectivity index (χ4n) is 0.442. The Morgan fingerprint density at radius 1 is 1.38 bits per heavy atom. The number of nitrogens with one attached hydrogen (secondary N) is 1. The fraction of sp³-hybridized carbons (Fsp3) is 1.00. The zero-order chi connectivity index (χ0) is 5.54. The van der Waals surface area contributed by atoms with Crippen LogP contribution in [0.1, 0.15) is 26.2 Å². The van der Waals surface area contributed by atoms with E-state index in [0.717, 1.165) is 6.54 Å². The van der Waals surface area contributed by atoms with Crippen molar-refractivity contribution in [1.29, 1.82) is 0 Å². The molecule has 0 unspecified atom stereocenters. The summed E-state index contributed by atoms with van der Waals surface area (Å²) in [4.78, 5) is 2.57. The van der Waals surface area contributed by atoms with E-state index < -0.39 is 0 Å². The van der Waals surface area contributed by atoms with Crippen molar-refractivity contribution in [2.75, 3.05) is 6.54 Å². The van der Waals surface area contributed by atoms with E-state index in [0.29, 0.717) is 0 Å². The molecule has 1 nitrogen and oxygen atoms in total. The molecule has 1 N–H and O–H groups in total. The molecule has 0 saturated heterocycles. The van der Waals surface area contributed by atoms with Crippen molar-refractivity contribution in [2.24, 2.45) is 0 Å². The summed E-state index contributed by atoms with van der Waals surface area (Å²) in [6.45, 7) is 3.11. The Bertz CT molecular complexity index is 31.6. The van der Waals surface area contributed by atoms with Crippen molar-refractivity contribution in [1.82, 2.24) is 4.84 Å². The van der Waals surface area contributed by atoms with Gasteiger partial charge in [-0.15, -0.1) is 0 Å². The van der Waals surface area contributed by atoms with Gasteiger partial charge in [0, 0.05) is 23.3 Å². The second kappa shape index (κ2) is 10.7. The van der Waals surface area contributed by atoms with Gasteiger partial charge in [0.05, 0.1) is 0 Å². The second-order valence-corrected chi connectivity index (χ2v) is 1.86. The molecule has 0 aliphatic heterocycles. The number of unbranched alkanes of at least 4 members (excludes halogenated alkanes) is 2. The van der Waals surface area contributed by atoms with Crippen LogP contribution in [-0.2, 0) is 16.8 Å². The molecule has 0 aromatic carbocycles. The van der Waals surface area contributed by atoms with Gasteiger partial charge in [-0.3, -0.25) is 0 Å². The molecule has 0 atom stereocenters. The Morgan fingerprint density at radius 2 is 2.00 bits per heavy atom. The Hall–Kier alpha value is 0.756. The maximum atomic E-state index is 5.19. The normalized spacial score (nSPS) is 8.25. The molecule has 0 rings (SSSR count). The van der Waals surface area contributed by atoms with Crippen LogP contribution in [-0.4, -0.2) is 6.54 Å². The third kappa shape index (κ3) is 9.90. The van der Waals surface area contributed by atoms with E-state index >= 15 is 0 Å². The average molecular weight is 181 g/mol. The first kappa shape index (κ1) is 11.5. The van der Waals surface area contributed by atoms with E-state index in [1.165, 1.54) is 19.3 Å². The van der Waals surface area contributed by atoms with E-state index in [-0.39, 0.29) is 16.8 Å². The number of halogens is 1. The summed E-state index contributed by atoms with van der Waals surface area (Å²) in [5.41, 5.74) is 0. The fourth-order valence-corrected chi connectivity index (χ4v) is 0.575. The van der Waals surface area contributed by atoms with E-state index in [2.05, 4.69) is 11.8 Å². The van der Waals surface area contributed by atoms with E-state index in [1.807, 2.05) is 0 Å². The molecule has 0 aromatic heterocycles. The minimum Gasteiger partial charge on any atom is -0.234 e. The number of hydrogen-bond donors (Lipinski definition) is 1. The van der Waals surface area contributed by atoms with E-state index in [9.17, 15) is 0 Å². The summed E-state index contributed by atoms with van der Waals surface area (Å²) < 4.78 is 0. The van der Waals surface area contributed by atoms with Gasteiger partial charge in [0.15, 0.2) is 0 Å². The SMILES string of the molecule is CCCCCNCl.[Co]. The molecule has 0 aliphatic rings. The molecule has 1 radical (unpaired) electrons. The topological polar surface area (TPSA) is 12.0 Å². The summed E-state index contributed by atoms with van der Waals surface area (Å²) in [5, 5.41) is 0. The van der Waals surface area contributed by atoms with Crippen molar-refractivity contribution >= 4 is 11.8 Å². The zero-order valence-electron chi connectivity index (χ0n) is 5.04. The average Bonchev–Trinajstić information content (AvgIpc) is 1.69. The number of rotatable bonds is 4. The van der Waals surface area contributed by atoms with E-state index in [4.69, 9.17) is 11.8 Å². The van der Waals surface area contributed by atoms with Crippen molar-refractivity contribution in [3.63, 3.8) is 0 Å². The van der Waals surface area contributed by atoms with Gasteiger partial charge in [-0.1, -0.05) is 19.8 Å². The van der Waals surface area contributed by atoms with Crippen LogP contribution in [0.5, 0.6) is 0 Å². The van der Waals surface area contributed by atoms with Crippen molar-refractivity contribution in [2.45, 2.75) is 26.2 Å². The van der Waals surface area contributed by atoms with E-state index in [1.54, 1.807) is 0 Å². The summed E-state index contributed by atoms with van der Waals surface area (Å²) in [6, 6.07) is 0. The van der Waals surface area contributed by atoms with Gasteiger partial charge in [0.2, 0.25) is 0 Å². The standard InChI is InChI=1S/C5H12ClN.Co/c1-2-3-4-5-7-6;/h7H,2-5H2,1H3;. The zero-order valence-corrected chi connectivity index (χ0v) is 6.84. The minimum absolute atomic E-state index is 0. The van der Waals surface area contributed by atoms with Gasteiger partial charge in [0.25, 0.3) is 0 Å². The first-order valence-electron chi connectivity index (χ1n) is 2.75. The Kier molecular flexibility index (Phi) is 15.4. The molecule has 0 aromatic rings. The summed E-state index contributed by atoms with van der Waals surface area (Å²) in [6.07, 6.45) is 3.73. The van der Waals surface area contributed by atoms with Crippen molar-refractivity contribution in [3.8, 4) is 0 Å². The third-order valence-electron chi connectivity index (χ3n) is 0.875. The van der Waals surface area contributed by atoms with Crippen LogP contribution in [0.25, 0.3) is 0 Å². The molecule has 53 valence electrons. The van der Waals surface area contributed by atoms with Gasteiger partial charge in [0.1, 0.15) is 0 Å². The van der Waals surface area contributed by atoms with Crippen LogP contribution in [0.15, 0.2) is 0 Å². The largest absolute Gasteiger partial charge is 0.234 e. The van der Waals surface area contributed by atoms with Crippen molar-refractivity contribution < 1.29 is 16.8 Å². The summed E-state index contributed by atoms with van der Waals surface area (Å²) in [7, 11) is 0. The quantitative estimate of drug-likeness (QED) is 0.515. The molecule has 0 fully saturated rings. The van der Waals surface area contributed by atoms with Crippen LogP contribution < -0.4 is 4.84 Å². The molecule has 0 spiro atoms. The summed E-state index contributed by atoms with van der Waals surface area (Å²) in [5.74, 6) is 0. The maximum absolute atomic E-state index is 5.19. The van der Waals surface area contributed by atoms with Crippen LogP contribution in [0.4, 0.5) is 0 Å². The molecular formula is C5H12ClCoN. The molecule has 0 aliphatic carbocycles. The predicted molar refractivity (Wildman–Crippen MR) is 33.4 cm³/mol. The second-order valence-electron chi connectivity index (χ2n) is 1.59. The molecular weight excluding hydrogens is 168 g/mol. The minimum atomic E-state index is 0. The summed E-state index contributed by atoms with van der Waals surface area (Å²) >= 11 is 5.19. The van der Waals surface area contributed by atoms with Gasteiger partial charge in [-0.25, -0.2) is 4.84 Å². The van der Waals surface area contributed by atoms with Gasteiger partial charge in [-0.05, 0) is 18.2 Å². The number of hydrogen-bond acceptors (Lipinski definition) is 1. The molecule has 0 saturated carbocycles. The Labute approximate surface area is 66.5 Å². The Balaban J connectivity index is 0. The van der Waals surface area contributed by atoms with Crippen LogP contribution in [0.2, 0.25) is 0 Å². The maximum Gasteiger partial charge on any atom is 0.0108 e. The smallest absolute Gasteiger partial charge is 0.0108 e. The van der Waals surface area contributed by atoms with Crippen LogP contribution >= 0.6 is 11.8 Å². The van der Waals surface area contributed by atoms with Crippen LogP contribution in [0.3, 0.4) is 0 Å². The predicted octanol–water partition coefficient (Wildman–Crippen LogP) is 1.92. The first-order valence-corrected chi connectivity index (χ1v) is 3.13. The Morgan fingerprint density at radius 3 is 2.38 bits per heavy atom. The molecule has 0 heterocycles.